The van der Waals surface area contributed by atoms with Gasteiger partial charge in [-0.05, 0) is 38.2 Å². The number of Topliss-reactive ketones (excluding diaryl/α,β-unsaturated/α-hetero) is 1. The van der Waals surface area contributed by atoms with Crippen molar-refractivity contribution >= 4 is 5.78 Å². The topological polar surface area (TPSA) is 35.5 Å². The molecular formula is C18H22O3. The summed E-state index contributed by atoms with van der Waals surface area (Å²) in [5, 5.41) is 0. The van der Waals surface area contributed by atoms with Gasteiger partial charge in [-0.25, -0.2) is 0 Å². The first-order valence-corrected chi connectivity index (χ1v) is 7.61. The zero-order valence-electron chi connectivity index (χ0n) is 12.7. The van der Waals surface area contributed by atoms with Crippen LogP contribution in [0.2, 0.25) is 0 Å². The first-order chi connectivity index (χ1) is 10.1. The Kier molecular flexibility index (Phi) is 4.22. The molecule has 0 unspecified atom stereocenters. The molecule has 1 aromatic rings. The van der Waals surface area contributed by atoms with E-state index >= 15 is 0 Å². The van der Waals surface area contributed by atoms with Crippen LogP contribution in [0.15, 0.2) is 41.5 Å². The summed E-state index contributed by atoms with van der Waals surface area (Å²) in [6.07, 6.45) is 1.15. The third kappa shape index (κ3) is 3.09. The molecule has 0 aromatic heterocycles. The molecule has 21 heavy (non-hydrogen) atoms. The lowest BCUT2D eigenvalue weighted by Crippen LogP contribution is -2.45. The maximum atomic E-state index is 12.6. The van der Waals surface area contributed by atoms with Crippen LogP contribution in [-0.4, -0.2) is 18.7 Å². The summed E-state index contributed by atoms with van der Waals surface area (Å²) in [5.41, 5.74) is 3.83. The monoisotopic (exact) mass is 286 g/mol. The highest BCUT2D eigenvalue weighted by atomic mass is 16.7. The van der Waals surface area contributed by atoms with Crippen molar-refractivity contribution in [2.45, 2.75) is 39.6 Å². The molecule has 1 aromatic carbocycles. The minimum Gasteiger partial charge on any atom is -0.346 e. The average Bonchev–Trinajstić information content (AvgIpc) is 2.50. The zero-order chi connectivity index (χ0) is 14.8. The summed E-state index contributed by atoms with van der Waals surface area (Å²) in [6, 6.07) is 9.89. The van der Waals surface area contributed by atoms with Gasteiger partial charge in [0.1, 0.15) is 0 Å². The van der Waals surface area contributed by atoms with E-state index in [9.17, 15) is 4.79 Å². The number of rotatable bonds is 3. The predicted molar refractivity (Wildman–Crippen MR) is 80.6 cm³/mol. The van der Waals surface area contributed by atoms with Gasteiger partial charge in [0.25, 0.3) is 0 Å². The van der Waals surface area contributed by atoms with Gasteiger partial charge in [0.2, 0.25) is 6.29 Å². The van der Waals surface area contributed by atoms with Crippen LogP contribution in [0.3, 0.4) is 0 Å². The maximum absolute atomic E-state index is 12.6. The first kappa shape index (κ1) is 14.5. The van der Waals surface area contributed by atoms with E-state index in [0.29, 0.717) is 19.1 Å². The van der Waals surface area contributed by atoms with E-state index in [4.69, 9.17) is 9.47 Å². The standard InChI is InChI=1S/C18H22O3/c1-12-8-15-11-21-18(17(19)16(15)9-13(12)2)20-10-14-6-4-3-5-7-14/h3-7,15-16,18H,8-11H2,1-2H3/t15-,16-,18+/m0/s1. The summed E-state index contributed by atoms with van der Waals surface area (Å²) in [5.74, 6) is 0.523. The quantitative estimate of drug-likeness (QED) is 0.798. The number of ether oxygens (including phenoxy) is 2. The molecule has 1 aliphatic heterocycles. The fourth-order valence-corrected chi connectivity index (χ4v) is 3.23. The Labute approximate surface area is 125 Å². The van der Waals surface area contributed by atoms with Crippen molar-refractivity contribution in [3.05, 3.63) is 47.0 Å². The van der Waals surface area contributed by atoms with Crippen LogP contribution in [0.1, 0.15) is 32.3 Å². The van der Waals surface area contributed by atoms with E-state index in [0.717, 1.165) is 18.4 Å². The Bertz CT molecular complexity index is 547. The largest absolute Gasteiger partial charge is 0.346 e. The lowest BCUT2D eigenvalue weighted by atomic mass is 9.73. The van der Waals surface area contributed by atoms with Gasteiger partial charge in [-0.2, -0.15) is 0 Å². The van der Waals surface area contributed by atoms with E-state index in [1.54, 1.807) is 0 Å². The normalized spacial score (nSPS) is 29.4. The summed E-state index contributed by atoms with van der Waals surface area (Å²) in [7, 11) is 0. The highest BCUT2D eigenvalue weighted by molar-refractivity contribution is 5.85. The van der Waals surface area contributed by atoms with E-state index in [-0.39, 0.29) is 11.7 Å². The molecule has 1 saturated heterocycles. The fourth-order valence-electron chi connectivity index (χ4n) is 3.23. The van der Waals surface area contributed by atoms with E-state index < -0.39 is 6.29 Å². The maximum Gasteiger partial charge on any atom is 0.218 e. The molecule has 0 saturated carbocycles. The van der Waals surface area contributed by atoms with Crippen LogP contribution in [0, 0.1) is 11.8 Å². The van der Waals surface area contributed by atoms with Gasteiger partial charge in [-0.15, -0.1) is 0 Å². The van der Waals surface area contributed by atoms with E-state index in [1.807, 2.05) is 30.3 Å². The first-order valence-electron chi connectivity index (χ1n) is 7.61. The van der Waals surface area contributed by atoms with Crippen molar-refractivity contribution in [1.82, 2.24) is 0 Å². The van der Waals surface area contributed by atoms with Crippen LogP contribution in [0.4, 0.5) is 0 Å². The van der Waals surface area contributed by atoms with Gasteiger partial charge in [-0.1, -0.05) is 41.5 Å². The highest BCUT2D eigenvalue weighted by Crippen LogP contribution is 2.38. The van der Waals surface area contributed by atoms with Crippen molar-refractivity contribution < 1.29 is 14.3 Å². The molecule has 3 atom stereocenters. The number of carbonyl (C=O) groups is 1. The molecule has 112 valence electrons. The Balaban J connectivity index is 1.63. The SMILES string of the molecule is CC1=C(C)C[C@@H]2C(=O)[C@H](OCc3ccccc3)OC[C@@H]2C1. The highest BCUT2D eigenvalue weighted by Gasteiger charge is 2.41. The van der Waals surface area contributed by atoms with Crippen molar-refractivity contribution in [3.63, 3.8) is 0 Å². The summed E-state index contributed by atoms with van der Waals surface area (Å²) >= 11 is 0. The van der Waals surface area contributed by atoms with E-state index in [2.05, 4.69) is 13.8 Å². The molecule has 3 rings (SSSR count). The summed E-state index contributed by atoms with van der Waals surface area (Å²) in [6.45, 7) is 5.34. The van der Waals surface area contributed by atoms with Crippen LogP contribution < -0.4 is 0 Å². The second-order valence-corrected chi connectivity index (χ2v) is 6.20. The smallest absolute Gasteiger partial charge is 0.218 e. The van der Waals surface area contributed by atoms with Gasteiger partial charge in [0, 0.05) is 5.92 Å². The molecule has 0 bridgehead atoms. The van der Waals surface area contributed by atoms with Gasteiger partial charge in [-0.3, -0.25) is 4.79 Å². The van der Waals surface area contributed by atoms with Crippen LogP contribution in [-0.2, 0) is 20.9 Å². The zero-order valence-corrected chi connectivity index (χ0v) is 12.7. The minimum absolute atomic E-state index is 0.0724. The van der Waals surface area contributed by atoms with Crippen LogP contribution >= 0.6 is 0 Å². The molecule has 0 radical (unpaired) electrons. The number of carbonyl (C=O) groups excluding carboxylic acids is 1. The van der Waals surface area contributed by atoms with Crippen molar-refractivity contribution in [2.75, 3.05) is 6.61 Å². The molecule has 1 heterocycles. The second kappa shape index (κ2) is 6.12. The molecule has 0 amide bonds. The second-order valence-electron chi connectivity index (χ2n) is 6.20. The third-order valence-electron chi connectivity index (χ3n) is 4.70. The summed E-state index contributed by atoms with van der Waals surface area (Å²) in [4.78, 5) is 12.6. The number of hydrogen-bond donors (Lipinski definition) is 0. The molecule has 3 heteroatoms. The van der Waals surface area contributed by atoms with Gasteiger partial charge in [0.05, 0.1) is 13.2 Å². The number of ketones is 1. The molecule has 2 aliphatic rings. The van der Waals surface area contributed by atoms with Crippen molar-refractivity contribution in [2.24, 2.45) is 11.8 Å². The molecule has 0 spiro atoms. The molecule has 1 aliphatic carbocycles. The Morgan fingerprint density at radius 2 is 1.86 bits per heavy atom. The predicted octanol–water partition coefficient (Wildman–Crippen LogP) is 3.49. The van der Waals surface area contributed by atoms with Crippen molar-refractivity contribution in [3.8, 4) is 0 Å². The third-order valence-corrected chi connectivity index (χ3v) is 4.70. The molecule has 3 nitrogen and oxygen atoms in total. The Morgan fingerprint density at radius 3 is 2.62 bits per heavy atom. The molecular weight excluding hydrogens is 264 g/mol. The number of hydrogen-bond acceptors (Lipinski definition) is 3. The Hall–Kier alpha value is -1.45. The summed E-state index contributed by atoms with van der Waals surface area (Å²) < 4.78 is 11.4. The molecule has 0 N–H and O–H groups in total. The average molecular weight is 286 g/mol. The Morgan fingerprint density at radius 1 is 1.14 bits per heavy atom. The van der Waals surface area contributed by atoms with E-state index in [1.165, 1.54) is 11.1 Å². The lowest BCUT2D eigenvalue weighted by Gasteiger charge is -2.38. The lowest BCUT2D eigenvalue weighted by molar-refractivity contribution is -0.198. The van der Waals surface area contributed by atoms with Crippen LogP contribution in [0.5, 0.6) is 0 Å². The van der Waals surface area contributed by atoms with Gasteiger partial charge >= 0.3 is 0 Å². The van der Waals surface area contributed by atoms with Gasteiger partial charge < -0.3 is 9.47 Å². The van der Waals surface area contributed by atoms with Crippen LogP contribution in [0.25, 0.3) is 0 Å². The van der Waals surface area contributed by atoms with Gasteiger partial charge in [0.15, 0.2) is 5.78 Å². The van der Waals surface area contributed by atoms with Crippen molar-refractivity contribution in [1.29, 1.82) is 0 Å². The molecule has 1 fully saturated rings. The number of fused-ring (bicyclic) bond motifs is 1. The minimum atomic E-state index is -0.697. The number of allylic oxidation sites excluding steroid dienone is 2. The fraction of sp³-hybridized carbons (Fsp3) is 0.500. The number of benzene rings is 1.